The van der Waals surface area contributed by atoms with Gasteiger partial charge in [0.1, 0.15) is 12.2 Å². The minimum absolute atomic E-state index is 0.107. The quantitative estimate of drug-likeness (QED) is 0.759. The zero-order chi connectivity index (χ0) is 19.2. The van der Waals surface area contributed by atoms with Gasteiger partial charge in [0.15, 0.2) is 0 Å². The molecular weight excluding hydrogens is 350 g/mol. The van der Waals surface area contributed by atoms with Crippen molar-refractivity contribution in [2.75, 3.05) is 37.7 Å². The summed E-state index contributed by atoms with van der Waals surface area (Å²) in [6.07, 6.45) is 0.309. The van der Waals surface area contributed by atoms with Gasteiger partial charge in [-0.2, -0.15) is 0 Å². The highest BCUT2D eigenvalue weighted by atomic mass is 16.7. The van der Waals surface area contributed by atoms with Crippen molar-refractivity contribution in [2.24, 2.45) is 5.73 Å². The summed E-state index contributed by atoms with van der Waals surface area (Å²) in [5, 5.41) is 0. The van der Waals surface area contributed by atoms with Gasteiger partial charge in [-0.3, -0.25) is 9.80 Å². The van der Waals surface area contributed by atoms with Crippen LogP contribution in [-0.4, -0.2) is 62.1 Å². The third kappa shape index (κ3) is 5.11. The highest BCUT2D eigenvalue weighted by Gasteiger charge is 2.34. The Morgan fingerprint density at radius 3 is 2.59 bits per heavy atom. The van der Waals surface area contributed by atoms with Crippen LogP contribution in [0.3, 0.4) is 0 Å². The molecule has 1 atom stereocenters. The molecule has 1 unspecified atom stereocenters. The van der Waals surface area contributed by atoms with Crippen molar-refractivity contribution >= 4 is 17.9 Å². The maximum atomic E-state index is 12.2. The van der Waals surface area contributed by atoms with E-state index in [9.17, 15) is 9.59 Å². The van der Waals surface area contributed by atoms with Gasteiger partial charge >= 0.3 is 12.2 Å². The second-order valence-corrected chi connectivity index (χ2v) is 6.79. The molecule has 148 valence electrons. The van der Waals surface area contributed by atoms with Crippen LogP contribution in [0.4, 0.5) is 15.3 Å². The van der Waals surface area contributed by atoms with Crippen LogP contribution in [-0.2, 0) is 20.8 Å². The number of ether oxygens (including phenoxy) is 3. The first-order valence-corrected chi connectivity index (χ1v) is 9.42. The molecule has 0 aromatic heterocycles. The zero-order valence-corrected chi connectivity index (χ0v) is 15.6. The second-order valence-electron chi connectivity index (χ2n) is 6.79. The first-order chi connectivity index (χ1) is 13.1. The molecule has 8 heteroatoms. The number of anilines is 1. The highest BCUT2D eigenvalue weighted by molar-refractivity contribution is 5.89. The average Bonchev–Trinajstić information content (AvgIpc) is 3.04. The molecule has 1 amide bonds. The standard InChI is InChI=1S/C19H27N3O5/c1-2-25-19(24)27-16-7-9-21(10-8-16)12-17-13-22(18(23)26-17)15-5-3-14(11-20)4-6-15/h3-6,16-17H,2,7-13,20H2,1H3. The van der Waals surface area contributed by atoms with Gasteiger partial charge in [-0.1, -0.05) is 12.1 Å². The molecule has 1 aromatic carbocycles. The van der Waals surface area contributed by atoms with Crippen LogP contribution in [0, 0.1) is 0 Å². The molecule has 2 fully saturated rings. The third-order valence-corrected chi connectivity index (χ3v) is 4.88. The van der Waals surface area contributed by atoms with Gasteiger partial charge in [0, 0.05) is 31.9 Å². The normalized spacial score (nSPS) is 21.2. The fourth-order valence-corrected chi connectivity index (χ4v) is 3.43. The molecule has 0 spiro atoms. The van der Waals surface area contributed by atoms with E-state index in [1.165, 1.54) is 0 Å². The molecule has 0 saturated carbocycles. The Morgan fingerprint density at radius 2 is 1.96 bits per heavy atom. The number of rotatable bonds is 6. The van der Waals surface area contributed by atoms with Crippen molar-refractivity contribution in [3.8, 4) is 0 Å². The van der Waals surface area contributed by atoms with Gasteiger partial charge in [-0.25, -0.2) is 9.59 Å². The summed E-state index contributed by atoms with van der Waals surface area (Å²) in [6, 6.07) is 7.63. The van der Waals surface area contributed by atoms with E-state index in [4.69, 9.17) is 19.9 Å². The van der Waals surface area contributed by atoms with Crippen LogP contribution >= 0.6 is 0 Å². The lowest BCUT2D eigenvalue weighted by Crippen LogP contribution is -2.42. The first-order valence-electron chi connectivity index (χ1n) is 9.42. The van der Waals surface area contributed by atoms with Crippen LogP contribution in [0.1, 0.15) is 25.3 Å². The van der Waals surface area contributed by atoms with E-state index in [-0.39, 0.29) is 18.3 Å². The summed E-state index contributed by atoms with van der Waals surface area (Å²) in [5.74, 6) is 0. The fraction of sp³-hybridized carbons (Fsp3) is 0.579. The van der Waals surface area contributed by atoms with Gasteiger partial charge in [0.05, 0.1) is 13.2 Å². The lowest BCUT2D eigenvalue weighted by molar-refractivity contribution is -0.00295. The number of hydrogen-bond acceptors (Lipinski definition) is 7. The lowest BCUT2D eigenvalue weighted by Gasteiger charge is -2.32. The van der Waals surface area contributed by atoms with Gasteiger partial charge in [-0.05, 0) is 37.5 Å². The smallest absolute Gasteiger partial charge is 0.443 e. The predicted octanol–water partition coefficient (Wildman–Crippen LogP) is 2.11. The van der Waals surface area contributed by atoms with Crippen LogP contribution in [0.15, 0.2) is 24.3 Å². The Kier molecular flexibility index (Phi) is 6.52. The number of nitrogens with zero attached hydrogens (tertiary/aromatic N) is 2. The number of hydrogen-bond donors (Lipinski definition) is 1. The maximum absolute atomic E-state index is 12.2. The molecule has 0 radical (unpaired) electrons. The first kappa shape index (κ1) is 19.4. The van der Waals surface area contributed by atoms with E-state index in [2.05, 4.69) is 4.90 Å². The van der Waals surface area contributed by atoms with E-state index in [0.717, 1.165) is 37.2 Å². The minimum Gasteiger partial charge on any atom is -0.443 e. The van der Waals surface area contributed by atoms with Crippen LogP contribution in [0.25, 0.3) is 0 Å². The molecule has 8 nitrogen and oxygen atoms in total. The number of cyclic esters (lactones) is 1. The molecule has 2 heterocycles. The predicted molar refractivity (Wildman–Crippen MR) is 99.5 cm³/mol. The molecule has 1 aromatic rings. The van der Waals surface area contributed by atoms with Crippen molar-refractivity contribution in [1.82, 2.24) is 4.90 Å². The Balaban J connectivity index is 1.45. The molecular formula is C19H27N3O5. The fourth-order valence-electron chi connectivity index (χ4n) is 3.43. The number of benzene rings is 1. The topological polar surface area (TPSA) is 94.3 Å². The summed E-state index contributed by atoms with van der Waals surface area (Å²) in [7, 11) is 0. The number of carbonyl (C=O) groups is 2. The number of piperidine rings is 1. The van der Waals surface area contributed by atoms with Gasteiger partial charge < -0.3 is 19.9 Å². The van der Waals surface area contributed by atoms with E-state index < -0.39 is 6.16 Å². The monoisotopic (exact) mass is 377 g/mol. The van der Waals surface area contributed by atoms with E-state index in [0.29, 0.717) is 26.2 Å². The van der Waals surface area contributed by atoms with Crippen molar-refractivity contribution in [3.63, 3.8) is 0 Å². The number of likely N-dealkylation sites (tertiary alicyclic amines) is 1. The van der Waals surface area contributed by atoms with Gasteiger partial charge in [-0.15, -0.1) is 0 Å². The Labute approximate surface area is 159 Å². The van der Waals surface area contributed by atoms with Crippen LogP contribution in [0.2, 0.25) is 0 Å². The molecule has 27 heavy (non-hydrogen) atoms. The summed E-state index contributed by atoms with van der Waals surface area (Å²) in [6.45, 7) is 5.34. The minimum atomic E-state index is -0.600. The van der Waals surface area contributed by atoms with Crippen molar-refractivity contribution < 1.29 is 23.8 Å². The molecule has 0 aliphatic carbocycles. The Bertz CT molecular complexity index is 643. The third-order valence-electron chi connectivity index (χ3n) is 4.88. The number of amides is 1. The summed E-state index contributed by atoms with van der Waals surface area (Å²) in [5.41, 5.74) is 7.46. The van der Waals surface area contributed by atoms with E-state index in [1.807, 2.05) is 24.3 Å². The van der Waals surface area contributed by atoms with E-state index in [1.54, 1.807) is 11.8 Å². The summed E-state index contributed by atoms with van der Waals surface area (Å²) in [4.78, 5) is 27.5. The SMILES string of the molecule is CCOC(=O)OC1CCN(CC2CN(c3ccc(CN)cc3)C(=O)O2)CC1. The highest BCUT2D eigenvalue weighted by Crippen LogP contribution is 2.23. The molecule has 0 bridgehead atoms. The average molecular weight is 377 g/mol. The lowest BCUT2D eigenvalue weighted by atomic mass is 10.1. The van der Waals surface area contributed by atoms with Gasteiger partial charge in [0.25, 0.3) is 0 Å². The second kappa shape index (κ2) is 9.05. The van der Waals surface area contributed by atoms with Crippen LogP contribution in [0.5, 0.6) is 0 Å². The number of carbonyl (C=O) groups excluding carboxylic acids is 2. The largest absolute Gasteiger partial charge is 0.508 e. The molecule has 2 aliphatic rings. The van der Waals surface area contributed by atoms with E-state index >= 15 is 0 Å². The van der Waals surface area contributed by atoms with Gasteiger partial charge in [0.2, 0.25) is 0 Å². The molecule has 2 aliphatic heterocycles. The zero-order valence-electron chi connectivity index (χ0n) is 15.6. The molecule has 2 saturated heterocycles. The molecule has 3 rings (SSSR count). The van der Waals surface area contributed by atoms with Crippen molar-refractivity contribution in [3.05, 3.63) is 29.8 Å². The summed E-state index contributed by atoms with van der Waals surface area (Å²) >= 11 is 0. The Hall–Kier alpha value is -2.32. The van der Waals surface area contributed by atoms with Crippen molar-refractivity contribution in [2.45, 2.75) is 38.5 Å². The molecule has 2 N–H and O–H groups in total. The number of nitrogens with two attached hydrogens (primary N) is 1. The Morgan fingerprint density at radius 1 is 1.26 bits per heavy atom. The van der Waals surface area contributed by atoms with Crippen LogP contribution < -0.4 is 10.6 Å². The summed E-state index contributed by atoms with van der Waals surface area (Å²) < 4.78 is 15.6. The maximum Gasteiger partial charge on any atom is 0.508 e. The van der Waals surface area contributed by atoms with Crippen molar-refractivity contribution in [1.29, 1.82) is 0 Å².